The molecule has 17 heavy (non-hydrogen) atoms. The summed E-state index contributed by atoms with van der Waals surface area (Å²) in [5, 5.41) is 10.4. The number of nitrogens with zero attached hydrogens (tertiary/aromatic N) is 1. The summed E-state index contributed by atoms with van der Waals surface area (Å²) in [6.07, 6.45) is 1.73. The number of rotatable bonds is 5. The van der Waals surface area contributed by atoms with Crippen LogP contribution in [0, 0.1) is 5.92 Å². The zero-order chi connectivity index (χ0) is 13.3. The summed E-state index contributed by atoms with van der Waals surface area (Å²) in [7, 11) is 2.12. The topological polar surface area (TPSA) is 32.7 Å². The van der Waals surface area contributed by atoms with Crippen molar-refractivity contribution >= 4 is 11.8 Å². The molecule has 0 saturated carbocycles. The molecule has 1 aliphatic rings. The number of aliphatic hydroxyl groups is 1. The van der Waals surface area contributed by atoms with Crippen LogP contribution in [0.5, 0.6) is 0 Å². The van der Waals surface area contributed by atoms with Crippen molar-refractivity contribution in [2.24, 2.45) is 5.92 Å². The minimum atomic E-state index is -0.436. The van der Waals surface area contributed by atoms with E-state index < -0.39 is 11.7 Å². The first kappa shape index (κ1) is 15.3. The van der Waals surface area contributed by atoms with Crippen LogP contribution in [-0.2, 0) is 4.74 Å². The lowest BCUT2D eigenvalue weighted by atomic mass is 9.84. The summed E-state index contributed by atoms with van der Waals surface area (Å²) in [4.78, 5) is 2.29. The van der Waals surface area contributed by atoms with E-state index in [4.69, 9.17) is 4.74 Å². The van der Waals surface area contributed by atoms with Crippen molar-refractivity contribution in [3.05, 3.63) is 0 Å². The van der Waals surface area contributed by atoms with Gasteiger partial charge in [0.2, 0.25) is 0 Å². The second-order valence-electron chi connectivity index (χ2n) is 6.12. The largest absolute Gasteiger partial charge is 0.390 e. The molecule has 0 amide bonds. The lowest BCUT2D eigenvalue weighted by Crippen LogP contribution is -2.42. The predicted octanol–water partition coefficient (Wildman–Crippen LogP) is 1.85. The summed E-state index contributed by atoms with van der Waals surface area (Å²) >= 11 is 1.85. The van der Waals surface area contributed by atoms with Gasteiger partial charge in [-0.05, 0) is 41.0 Å². The molecule has 0 aromatic carbocycles. The van der Waals surface area contributed by atoms with Gasteiger partial charge in [0.25, 0.3) is 0 Å². The lowest BCUT2D eigenvalue weighted by Gasteiger charge is -2.30. The van der Waals surface area contributed by atoms with Gasteiger partial charge >= 0.3 is 0 Å². The highest BCUT2D eigenvalue weighted by molar-refractivity contribution is 7.98. The van der Waals surface area contributed by atoms with Gasteiger partial charge in [0, 0.05) is 24.8 Å². The van der Waals surface area contributed by atoms with E-state index in [-0.39, 0.29) is 11.5 Å². The van der Waals surface area contributed by atoms with Gasteiger partial charge in [0.05, 0.1) is 17.3 Å². The molecule has 1 aliphatic heterocycles. The Morgan fingerprint density at radius 2 is 1.82 bits per heavy atom. The van der Waals surface area contributed by atoms with E-state index in [1.807, 2.05) is 25.6 Å². The molecule has 2 atom stereocenters. The fraction of sp³-hybridized carbons (Fsp3) is 1.00. The maximum atomic E-state index is 10.4. The van der Waals surface area contributed by atoms with Gasteiger partial charge in [-0.2, -0.15) is 11.8 Å². The normalized spacial score (nSPS) is 31.1. The van der Waals surface area contributed by atoms with E-state index in [0.29, 0.717) is 0 Å². The molecule has 2 unspecified atom stereocenters. The summed E-state index contributed by atoms with van der Waals surface area (Å²) in [5.41, 5.74) is -0.689. The maximum absolute atomic E-state index is 10.4. The van der Waals surface area contributed by atoms with Crippen LogP contribution in [0.15, 0.2) is 0 Å². The first-order valence-electron chi connectivity index (χ1n) is 6.26. The summed E-state index contributed by atoms with van der Waals surface area (Å²) in [5.74, 6) is 1.30. The Morgan fingerprint density at radius 3 is 2.24 bits per heavy atom. The van der Waals surface area contributed by atoms with Gasteiger partial charge in [-0.3, -0.25) is 0 Å². The quantitative estimate of drug-likeness (QED) is 0.818. The first-order chi connectivity index (χ1) is 7.70. The molecule has 1 rings (SSSR count). The molecule has 1 saturated heterocycles. The Labute approximate surface area is 110 Å². The van der Waals surface area contributed by atoms with E-state index in [0.717, 1.165) is 18.8 Å². The zero-order valence-electron chi connectivity index (χ0n) is 12.0. The Bertz CT molecular complexity index is 256. The van der Waals surface area contributed by atoms with Crippen LogP contribution in [0.4, 0.5) is 0 Å². The third kappa shape index (κ3) is 3.60. The molecule has 1 N–H and O–H groups in total. The highest BCUT2D eigenvalue weighted by atomic mass is 32.2. The van der Waals surface area contributed by atoms with Crippen LogP contribution in [0.3, 0.4) is 0 Å². The van der Waals surface area contributed by atoms with E-state index in [9.17, 15) is 5.11 Å². The third-order valence-corrected chi connectivity index (χ3v) is 4.29. The van der Waals surface area contributed by atoms with Crippen LogP contribution in [0.1, 0.15) is 27.7 Å². The van der Waals surface area contributed by atoms with E-state index in [1.165, 1.54) is 0 Å². The number of hydrogen-bond acceptors (Lipinski definition) is 4. The third-order valence-electron chi connectivity index (χ3n) is 3.70. The number of thioether (sulfide) groups is 1. The molecule has 0 aromatic heterocycles. The molecular formula is C13H27NO2S. The zero-order valence-corrected chi connectivity index (χ0v) is 12.8. The molecule has 0 radical (unpaired) electrons. The lowest BCUT2D eigenvalue weighted by molar-refractivity contribution is -0.0912. The van der Waals surface area contributed by atoms with E-state index in [1.54, 1.807) is 0 Å². The van der Waals surface area contributed by atoms with Gasteiger partial charge < -0.3 is 14.7 Å². The van der Waals surface area contributed by atoms with Crippen LogP contribution in [-0.4, -0.2) is 59.5 Å². The Morgan fingerprint density at radius 1 is 1.24 bits per heavy atom. The minimum Gasteiger partial charge on any atom is -0.390 e. The van der Waals surface area contributed by atoms with Gasteiger partial charge in [-0.25, -0.2) is 0 Å². The minimum absolute atomic E-state index is 0.171. The van der Waals surface area contributed by atoms with Crippen molar-refractivity contribution in [2.45, 2.75) is 45.0 Å². The highest BCUT2D eigenvalue weighted by Gasteiger charge is 2.53. The van der Waals surface area contributed by atoms with E-state index >= 15 is 0 Å². The van der Waals surface area contributed by atoms with Gasteiger partial charge in [0.15, 0.2) is 0 Å². The number of aliphatic hydroxyl groups excluding tert-OH is 1. The number of ether oxygens (including phenoxy) is 1. The highest BCUT2D eigenvalue weighted by Crippen LogP contribution is 2.42. The molecule has 1 fully saturated rings. The fourth-order valence-electron chi connectivity index (χ4n) is 2.67. The standard InChI is InChI=1S/C13H27NO2S/c1-12(2)10(9-14(5)7-8-17-6)11(15)13(3,4)16-12/h10-11,15H,7-9H2,1-6H3. The molecule has 102 valence electrons. The SMILES string of the molecule is CSCCN(C)CC1C(O)C(C)(C)OC1(C)C. The van der Waals surface area contributed by atoms with Crippen molar-refractivity contribution in [3.8, 4) is 0 Å². The van der Waals surface area contributed by atoms with Crippen LogP contribution in [0.25, 0.3) is 0 Å². The van der Waals surface area contributed by atoms with Crippen LogP contribution >= 0.6 is 11.8 Å². The Hall–Kier alpha value is 0.230. The average molecular weight is 261 g/mol. The molecule has 0 spiro atoms. The second kappa shape index (κ2) is 5.47. The van der Waals surface area contributed by atoms with Crippen LogP contribution in [0.2, 0.25) is 0 Å². The second-order valence-corrected chi connectivity index (χ2v) is 7.10. The Kier molecular flexibility index (Phi) is 4.92. The predicted molar refractivity (Wildman–Crippen MR) is 74.6 cm³/mol. The van der Waals surface area contributed by atoms with Gasteiger partial charge in [0.1, 0.15) is 0 Å². The molecule has 3 nitrogen and oxygen atoms in total. The van der Waals surface area contributed by atoms with Gasteiger partial charge in [-0.1, -0.05) is 0 Å². The summed E-state index contributed by atoms with van der Waals surface area (Å²) < 4.78 is 5.98. The molecule has 0 bridgehead atoms. The van der Waals surface area contributed by atoms with E-state index in [2.05, 4.69) is 32.1 Å². The molecule has 0 aromatic rings. The molecule has 1 heterocycles. The van der Waals surface area contributed by atoms with Crippen molar-refractivity contribution in [2.75, 3.05) is 32.1 Å². The molecule has 0 aliphatic carbocycles. The fourth-order valence-corrected chi connectivity index (χ4v) is 3.17. The van der Waals surface area contributed by atoms with Crippen molar-refractivity contribution < 1.29 is 9.84 Å². The van der Waals surface area contributed by atoms with Crippen LogP contribution < -0.4 is 0 Å². The first-order valence-corrected chi connectivity index (χ1v) is 7.66. The average Bonchev–Trinajstić information content (AvgIpc) is 2.33. The van der Waals surface area contributed by atoms with Crippen molar-refractivity contribution in [1.29, 1.82) is 0 Å². The number of hydrogen-bond donors (Lipinski definition) is 1. The van der Waals surface area contributed by atoms with Gasteiger partial charge in [-0.15, -0.1) is 0 Å². The maximum Gasteiger partial charge on any atom is 0.0896 e. The van der Waals surface area contributed by atoms with Crippen molar-refractivity contribution in [1.82, 2.24) is 4.90 Å². The monoisotopic (exact) mass is 261 g/mol. The molecule has 4 heteroatoms. The Balaban J connectivity index is 2.63. The van der Waals surface area contributed by atoms with Crippen molar-refractivity contribution in [3.63, 3.8) is 0 Å². The molecular weight excluding hydrogens is 234 g/mol. The summed E-state index contributed by atoms with van der Waals surface area (Å²) in [6.45, 7) is 10.1. The smallest absolute Gasteiger partial charge is 0.0896 e. The summed E-state index contributed by atoms with van der Waals surface area (Å²) in [6, 6.07) is 0.